The second kappa shape index (κ2) is 4.54. The number of halogens is 1. The van der Waals surface area contributed by atoms with Crippen molar-refractivity contribution in [3.63, 3.8) is 0 Å². The van der Waals surface area contributed by atoms with Crippen molar-refractivity contribution in [1.29, 1.82) is 0 Å². The molecule has 5 aliphatic rings. The largest absolute Gasteiger partial charge is 0.272 e. The summed E-state index contributed by atoms with van der Waals surface area (Å²) in [5.41, 5.74) is 0.814. The first kappa shape index (κ1) is 13.5. The molecule has 0 spiro atoms. The van der Waals surface area contributed by atoms with Crippen molar-refractivity contribution in [2.24, 2.45) is 40.6 Å². The summed E-state index contributed by atoms with van der Waals surface area (Å²) in [5.74, 6) is 1.06. The first-order chi connectivity index (χ1) is 11.1. The van der Waals surface area contributed by atoms with Gasteiger partial charge in [0.05, 0.1) is 18.1 Å². The second-order valence-corrected chi connectivity index (χ2v) is 7.38. The van der Waals surface area contributed by atoms with Crippen molar-refractivity contribution in [2.75, 3.05) is 0 Å². The highest BCUT2D eigenvalue weighted by atomic mass is 35.5. The van der Waals surface area contributed by atoms with Crippen molar-refractivity contribution < 1.29 is 9.59 Å². The summed E-state index contributed by atoms with van der Waals surface area (Å²) in [6.07, 6.45) is 7.05. The third-order valence-corrected chi connectivity index (χ3v) is 6.08. The molecule has 0 N–H and O–H groups in total. The van der Waals surface area contributed by atoms with Gasteiger partial charge in [0.15, 0.2) is 0 Å². The molecule has 1 aromatic rings. The van der Waals surface area contributed by atoms with Gasteiger partial charge in [-0.05, 0) is 47.8 Å². The van der Waals surface area contributed by atoms with E-state index in [1.54, 1.807) is 18.3 Å². The van der Waals surface area contributed by atoms with Crippen molar-refractivity contribution >= 4 is 29.6 Å². The quantitative estimate of drug-likeness (QED) is 0.476. The molecule has 4 nitrogen and oxygen atoms in total. The summed E-state index contributed by atoms with van der Waals surface area (Å²) in [6.45, 7) is 0. The Kier molecular flexibility index (Phi) is 2.66. The molecule has 1 aromatic carbocycles. The van der Waals surface area contributed by atoms with Crippen molar-refractivity contribution in [2.45, 2.75) is 6.42 Å². The maximum absolute atomic E-state index is 12.7. The van der Waals surface area contributed by atoms with Crippen LogP contribution < -0.4 is 0 Å². The Hall–Kier alpha value is -1.94. The van der Waals surface area contributed by atoms with Gasteiger partial charge in [0.2, 0.25) is 0 Å². The highest BCUT2D eigenvalue weighted by Crippen LogP contribution is 2.65. The Morgan fingerprint density at radius 3 is 2.13 bits per heavy atom. The minimum absolute atomic E-state index is 0.130. The summed E-state index contributed by atoms with van der Waals surface area (Å²) in [5, 5.41) is 5.93. The Bertz CT molecular complexity index is 734. The number of benzene rings is 1. The molecular formula is C18H15ClN2O2. The molecule has 1 saturated heterocycles. The zero-order valence-electron chi connectivity index (χ0n) is 12.3. The van der Waals surface area contributed by atoms with Crippen LogP contribution in [0.25, 0.3) is 0 Å². The molecule has 23 heavy (non-hydrogen) atoms. The molecule has 0 aromatic heterocycles. The predicted octanol–water partition coefficient (Wildman–Crippen LogP) is 2.73. The predicted molar refractivity (Wildman–Crippen MR) is 85.6 cm³/mol. The molecule has 116 valence electrons. The monoisotopic (exact) mass is 326 g/mol. The first-order valence-corrected chi connectivity index (χ1v) is 8.38. The number of nitrogens with zero attached hydrogens (tertiary/aromatic N) is 2. The SMILES string of the molecule is O=C1[C@@H]2[C@@H]3C=C[C@@H]([C@H]4C[C@@H]34)[C@@H]2C(=O)N1/N=C\c1ccc(Cl)cc1. The summed E-state index contributed by atoms with van der Waals surface area (Å²) >= 11 is 5.85. The van der Waals surface area contributed by atoms with Crippen LogP contribution in [0.3, 0.4) is 0 Å². The normalized spacial score (nSPS) is 40.0. The average Bonchev–Trinajstić information content (AvgIpc) is 3.33. The molecule has 5 heteroatoms. The molecule has 6 rings (SSSR count). The van der Waals surface area contributed by atoms with E-state index in [1.165, 1.54) is 6.42 Å². The van der Waals surface area contributed by atoms with Gasteiger partial charge in [-0.15, -0.1) is 0 Å². The third-order valence-electron chi connectivity index (χ3n) is 5.83. The third kappa shape index (κ3) is 1.81. The highest BCUT2D eigenvalue weighted by Gasteiger charge is 2.67. The second-order valence-electron chi connectivity index (χ2n) is 6.94. The molecule has 0 radical (unpaired) electrons. The average molecular weight is 327 g/mol. The molecule has 6 atom stereocenters. The summed E-state index contributed by atoms with van der Waals surface area (Å²) < 4.78 is 0. The lowest BCUT2D eigenvalue weighted by Gasteiger charge is -2.37. The molecule has 1 heterocycles. The Morgan fingerprint density at radius 2 is 1.57 bits per heavy atom. The van der Waals surface area contributed by atoms with Crippen LogP contribution in [-0.4, -0.2) is 23.0 Å². The zero-order chi connectivity index (χ0) is 15.7. The van der Waals surface area contributed by atoms with Crippen LogP contribution in [0.5, 0.6) is 0 Å². The van der Waals surface area contributed by atoms with Crippen molar-refractivity contribution in [3.8, 4) is 0 Å². The van der Waals surface area contributed by atoms with Gasteiger partial charge in [-0.3, -0.25) is 9.59 Å². The van der Waals surface area contributed by atoms with E-state index in [0.717, 1.165) is 10.6 Å². The van der Waals surface area contributed by atoms with E-state index < -0.39 is 0 Å². The Balaban J connectivity index is 1.44. The summed E-state index contributed by atoms with van der Waals surface area (Å²) in [7, 11) is 0. The van der Waals surface area contributed by atoms with E-state index in [1.807, 2.05) is 12.1 Å². The highest BCUT2D eigenvalue weighted by molar-refractivity contribution is 6.30. The summed E-state index contributed by atoms with van der Waals surface area (Å²) in [4.78, 5) is 25.4. The van der Waals surface area contributed by atoms with Crippen LogP contribution >= 0.6 is 11.6 Å². The Labute approximate surface area is 138 Å². The van der Waals surface area contributed by atoms with Gasteiger partial charge >= 0.3 is 0 Å². The number of carbonyl (C=O) groups is 2. The number of hydrogen-bond acceptors (Lipinski definition) is 3. The fourth-order valence-electron chi connectivity index (χ4n) is 4.73. The van der Waals surface area contributed by atoms with E-state index in [2.05, 4.69) is 17.3 Å². The van der Waals surface area contributed by atoms with Gasteiger partial charge in [0, 0.05) is 5.02 Å². The van der Waals surface area contributed by atoms with Crippen LogP contribution in [0, 0.1) is 35.5 Å². The molecule has 2 amide bonds. The van der Waals surface area contributed by atoms with E-state index >= 15 is 0 Å². The van der Waals surface area contributed by atoms with Crippen molar-refractivity contribution in [1.82, 2.24) is 5.01 Å². The van der Waals surface area contributed by atoms with Crippen LogP contribution in [-0.2, 0) is 9.59 Å². The minimum atomic E-state index is -0.191. The molecule has 2 bridgehead atoms. The number of hydrazone groups is 1. The van der Waals surface area contributed by atoms with Gasteiger partial charge in [0.25, 0.3) is 11.8 Å². The number of allylic oxidation sites excluding steroid dienone is 2. The Morgan fingerprint density at radius 1 is 1.00 bits per heavy atom. The smallest absolute Gasteiger partial charge is 0.254 e. The van der Waals surface area contributed by atoms with Gasteiger partial charge in [0.1, 0.15) is 0 Å². The van der Waals surface area contributed by atoms with E-state index in [-0.39, 0.29) is 35.5 Å². The molecule has 4 aliphatic carbocycles. The number of hydrogen-bond donors (Lipinski definition) is 0. The van der Waals surface area contributed by atoms with Gasteiger partial charge < -0.3 is 0 Å². The van der Waals surface area contributed by atoms with Gasteiger partial charge in [-0.2, -0.15) is 10.1 Å². The number of amides is 2. The first-order valence-electron chi connectivity index (χ1n) is 8.01. The summed E-state index contributed by atoms with van der Waals surface area (Å²) in [6, 6.07) is 7.14. The standard InChI is InChI=1S/C18H15ClN2O2/c19-10-3-1-9(2-4-10)8-20-21-17(22)15-11-5-6-12(14-7-13(11)14)16(15)18(21)23/h1-6,8,11-16H,7H2/b20-8-/t11-,12+,13+,14-,15-,16+. The lowest BCUT2D eigenvalue weighted by molar-refractivity contribution is -0.140. The lowest BCUT2D eigenvalue weighted by atomic mass is 9.63. The van der Waals surface area contributed by atoms with E-state index in [9.17, 15) is 9.59 Å². The van der Waals surface area contributed by atoms with Crippen molar-refractivity contribution in [3.05, 3.63) is 47.0 Å². The van der Waals surface area contributed by atoms with Crippen LogP contribution in [0.4, 0.5) is 0 Å². The lowest BCUT2D eigenvalue weighted by Crippen LogP contribution is -2.40. The van der Waals surface area contributed by atoms with Crippen LogP contribution in [0.2, 0.25) is 5.02 Å². The fourth-order valence-corrected chi connectivity index (χ4v) is 4.85. The molecule has 0 unspecified atom stereocenters. The fraction of sp³-hybridized carbons (Fsp3) is 0.389. The zero-order valence-corrected chi connectivity index (χ0v) is 13.1. The number of rotatable bonds is 2. The topological polar surface area (TPSA) is 49.7 Å². The maximum atomic E-state index is 12.7. The molecular weight excluding hydrogens is 312 g/mol. The number of carbonyl (C=O) groups excluding carboxylic acids is 2. The van der Waals surface area contributed by atoms with Gasteiger partial charge in [-0.1, -0.05) is 35.9 Å². The molecule has 1 aliphatic heterocycles. The number of imide groups is 1. The molecule has 3 fully saturated rings. The van der Waals surface area contributed by atoms with Gasteiger partial charge in [-0.25, -0.2) is 0 Å². The van der Waals surface area contributed by atoms with Crippen LogP contribution in [0.1, 0.15) is 12.0 Å². The minimum Gasteiger partial charge on any atom is -0.272 e. The van der Waals surface area contributed by atoms with E-state index in [4.69, 9.17) is 11.6 Å². The van der Waals surface area contributed by atoms with E-state index in [0.29, 0.717) is 16.9 Å². The van der Waals surface area contributed by atoms with Crippen LogP contribution in [0.15, 0.2) is 41.5 Å². The molecule has 2 saturated carbocycles. The maximum Gasteiger partial charge on any atom is 0.254 e.